The highest BCUT2D eigenvalue weighted by atomic mass is 32.2. The van der Waals surface area contributed by atoms with Gasteiger partial charge in [-0.1, -0.05) is 49.9 Å². The molecule has 1 aromatic heterocycles. The first-order valence-corrected chi connectivity index (χ1v) is 15.4. The number of aromatic nitrogens is 1. The molecule has 4 aromatic rings. The topological polar surface area (TPSA) is 91.3 Å². The molecule has 4 rings (SSSR count). The number of carbonyl (C=O) groups excluding carboxylic acids is 2. The fraction of sp³-hybridized carbons (Fsp3) is 0.233. The number of aliphatic hydroxyl groups excluding tert-OH is 1. The zero-order chi connectivity index (χ0) is 28.0. The lowest BCUT2D eigenvalue weighted by Gasteiger charge is -2.09. The average molecular weight is 580 g/mol. The summed E-state index contributed by atoms with van der Waals surface area (Å²) >= 11 is 4.77. The van der Waals surface area contributed by atoms with Gasteiger partial charge in [-0.3, -0.25) is 9.59 Å². The summed E-state index contributed by atoms with van der Waals surface area (Å²) < 4.78 is 0. The van der Waals surface area contributed by atoms with Gasteiger partial charge >= 0.3 is 0 Å². The Balaban J connectivity index is 0.00000205. The largest absolute Gasteiger partial charge is 0.396 e. The van der Waals surface area contributed by atoms with Crippen molar-refractivity contribution in [2.75, 3.05) is 19.4 Å². The summed E-state index contributed by atoms with van der Waals surface area (Å²) in [5, 5.41) is 15.5. The molecule has 0 spiro atoms. The van der Waals surface area contributed by atoms with Crippen molar-refractivity contribution in [2.24, 2.45) is 0 Å². The molecule has 1 heterocycles. The molecule has 0 fully saturated rings. The second-order valence-corrected chi connectivity index (χ2v) is 11.4. The summed E-state index contributed by atoms with van der Waals surface area (Å²) in [6.45, 7) is 4.62. The van der Waals surface area contributed by atoms with Crippen LogP contribution >= 0.6 is 34.9 Å². The SMILES string of the molecule is CC.CNC(=O)c1ccccc1Sc1ccc(C(=O)NCc2cnc(-c3ccc(SCCCO)cc3)s2)cc1. The van der Waals surface area contributed by atoms with Crippen molar-refractivity contribution in [1.82, 2.24) is 15.6 Å². The molecule has 0 atom stereocenters. The highest BCUT2D eigenvalue weighted by Crippen LogP contribution is 2.31. The predicted octanol–water partition coefficient (Wildman–Crippen LogP) is 6.75. The van der Waals surface area contributed by atoms with Gasteiger partial charge in [-0.15, -0.1) is 23.1 Å². The molecule has 204 valence electrons. The van der Waals surface area contributed by atoms with E-state index in [4.69, 9.17) is 5.11 Å². The van der Waals surface area contributed by atoms with Gasteiger partial charge in [-0.2, -0.15) is 0 Å². The summed E-state index contributed by atoms with van der Waals surface area (Å²) in [5.74, 6) is 0.613. The van der Waals surface area contributed by atoms with Gasteiger partial charge in [0.15, 0.2) is 0 Å². The van der Waals surface area contributed by atoms with Crippen LogP contribution in [0.3, 0.4) is 0 Å². The van der Waals surface area contributed by atoms with Gasteiger partial charge < -0.3 is 15.7 Å². The zero-order valence-corrected chi connectivity index (χ0v) is 24.7. The van der Waals surface area contributed by atoms with Crippen molar-refractivity contribution in [3.63, 3.8) is 0 Å². The van der Waals surface area contributed by atoms with E-state index >= 15 is 0 Å². The fourth-order valence-corrected chi connectivity index (χ4v) is 6.06. The lowest BCUT2D eigenvalue weighted by Crippen LogP contribution is -2.22. The van der Waals surface area contributed by atoms with Crippen molar-refractivity contribution < 1.29 is 14.7 Å². The minimum absolute atomic E-state index is 0.129. The molecule has 0 aliphatic heterocycles. The Labute approximate surface area is 242 Å². The number of hydrogen-bond donors (Lipinski definition) is 3. The van der Waals surface area contributed by atoms with Crippen molar-refractivity contribution in [2.45, 2.75) is 41.5 Å². The van der Waals surface area contributed by atoms with Crippen LogP contribution in [-0.4, -0.2) is 41.3 Å². The number of carbonyl (C=O) groups is 2. The molecule has 2 amide bonds. The molecule has 3 N–H and O–H groups in total. The Kier molecular flexibility index (Phi) is 12.6. The van der Waals surface area contributed by atoms with Crippen molar-refractivity contribution >= 4 is 46.7 Å². The van der Waals surface area contributed by atoms with Crippen LogP contribution in [0.25, 0.3) is 10.6 Å². The van der Waals surface area contributed by atoms with Gasteiger partial charge in [-0.05, 0) is 55.0 Å². The Hall–Kier alpha value is -3.11. The highest BCUT2D eigenvalue weighted by Gasteiger charge is 2.12. The zero-order valence-electron chi connectivity index (χ0n) is 22.3. The smallest absolute Gasteiger partial charge is 0.252 e. The van der Waals surface area contributed by atoms with E-state index in [0.717, 1.165) is 37.4 Å². The van der Waals surface area contributed by atoms with E-state index in [-0.39, 0.29) is 18.4 Å². The molecule has 39 heavy (non-hydrogen) atoms. The van der Waals surface area contributed by atoms with E-state index < -0.39 is 0 Å². The number of thioether (sulfide) groups is 1. The second-order valence-electron chi connectivity index (χ2n) is 7.97. The van der Waals surface area contributed by atoms with Crippen molar-refractivity contribution in [1.29, 1.82) is 0 Å². The van der Waals surface area contributed by atoms with Gasteiger partial charge in [-0.25, -0.2) is 4.98 Å². The Morgan fingerprint density at radius 3 is 2.31 bits per heavy atom. The first kappa shape index (κ1) is 30.4. The van der Waals surface area contributed by atoms with Gasteiger partial charge in [0.1, 0.15) is 5.01 Å². The maximum atomic E-state index is 12.7. The molecule has 0 aliphatic carbocycles. The van der Waals surface area contributed by atoms with Crippen LogP contribution in [0.1, 0.15) is 45.9 Å². The summed E-state index contributed by atoms with van der Waals surface area (Å²) in [7, 11) is 1.61. The first-order valence-electron chi connectivity index (χ1n) is 12.7. The third-order valence-corrected chi connectivity index (χ3v) is 8.58. The molecular weight excluding hydrogens is 547 g/mol. The monoisotopic (exact) mass is 579 g/mol. The van der Waals surface area contributed by atoms with Gasteiger partial charge in [0.05, 0.1) is 12.1 Å². The number of benzene rings is 3. The normalized spacial score (nSPS) is 10.4. The van der Waals surface area contributed by atoms with E-state index in [9.17, 15) is 9.59 Å². The predicted molar refractivity (Wildman–Crippen MR) is 163 cm³/mol. The van der Waals surface area contributed by atoms with Crippen LogP contribution in [0.15, 0.2) is 93.7 Å². The Morgan fingerprint density at radius 2 is 1.62 bits per heavy atom. The van der Waals surface area contributed by atoms with Gasteiger partial charge in [0.25, 0.3) is 11.8 Å². The van der Waals surface area contributed by atoms with E-state index in [1.54, 1.807) is 54.5 Å². The molecule has 0 bridgehead atoms. The minimum Gasteiger partial charge on any atom is -0.396 e. The fourth-order valence-electron chi connectivity index (χ4n) is 3.42. The lowest BCUT2D eigenvalue weighted by molar-refractivity contribution is 0.0946. The van der Waals surface area contributed by atoms with Crippen LogP contribution in [0.5, 0.6) is 0 Å². The summed E-state index contributed by atoms with van der Waals surface area (Å²) in [4.78, 5) is 33.3. The second kappa shape index (κ2) is 16.1. The van der Waals surface area contributed by atoms with E-state index in [1.165, 1.54) is 16.7 Å². The minimum atomic E-state index is -0.151. The molecule has 0 saturated heterocycles. The maximum Gasteiger partial charge on any atom is 0.252 e. The third kappa shape index (κ3) is 8.96. The summed E-state index contributed by atoms with van der Waals surface area (Å²) in [6.07, 6.45) is 2.58. The molecule has 0 unspecified atom stereocenters. The number of thiazole rings is 1. The van der Waals surface area contributed by atoms with Crippen LogP contribution < -0.4 is 10.6 Å². The van der Waals surface area contributed by atoms with E-state index in [0.29, 0.717) is 17.7 Å². The molecule has 6 nitrogen and oxygen atoms in total. The molecule has 0 aliphatic rings. The number of nitrogens with zero attached hydrogens (tertiary/aromatic N) is 1. The van der Waals surface area contributed by atoms with Crippen LogP contribution in [0.4, 0.5) is 0 Å². The van der Waals surface area contributed by atoms with Crippen LogP contribution in [0, 0.1) is 0 Å². The number of nitrogens with one attached hydrogen (secondary N) is 2. The van der Waals surface area contributed by atoms with Crippen LogP contribution in [-0.2, 0) is 6.54 Å². The molecule has 9 heteroatoms. The highest BCUT2D eigenvalue weighted by molar-refractivity contribution is 7.99. The first-order chi connectivity index (χ1) is 19.1. The lowest BCUT2D eigenvalue weighted by atomic mass is 10.2. The van der Waals surface area contributed by atoms with Crippen molar-refractivity contribution in [3.05, 3.63) is 95.0 Å². The molecule has 0 radical (unpaired) electrons. The molecule has 3 aromatic carbocycles. The van der Waals surface area contributed by atoms with E-state index in [1.807, 2.05) is 44.2 Å². The van der Waals surface area contributed by atoms with E-state index in [2.05, 4.69) is 39.9 Å². The molecule has 0 saturated carbocycles. The van der Waals surface area contributed by atoms with Crippen molar-refractivity contribution in [3.8, 4) is 10.6 Å². The average Bonchev–Trinajstić information content (AvgIpc) is 3.47. The maximum absolute atomic E-state index is 12.7. The number of amides is 2. The summed E-state index contributed by atoms with van der Waals surface area (Å²) in [5.41, 5.74) is 2.23. The quantitative estimate of drug-likeness (QED) is 0.134. The molecular formula is C30H33N3O3S3. The third-order valence-electron chi connectivity index (χ3n) is 5.35. The number of hydrogen-bond acceptors (Lipinski definition) is 7. The summed E-state index contributed by atoms with van der Waals surface area (Å²) in [6, 6.07) is 23.0. The van der Waals surface area contributed by atoms with Gasteiger partial charge in [0.2, 0.25) is 0 Å². The number of rotatable bonds is 11. The number of aliphatic hydroxyl groups is 1. The van der Waals surface area contributed by atoms with Gasteiger partial charge in [0, 0.05) is 56.3 Å². The Morgan fingerprint density at radius 1 is 0.923 bits per heavy atom. The standard InChI is InChI=1S/C28H27N3O3S3.C2H6/c1-29-27(34)24-5-2-3-6-25(24)36-22-13-7-19(8-14-22)26(33)30-17-23-18-31-28(37-23)20-9-11-21(12-10-20)35-16-4-15-32;1-2/h2-3,5-14,18,32H,4,15-17H2,1H3,(H,29,34)(H,30,33);1-2H3. The Bertz CT molecular complexity index is 1340. The van der Waals surface area contributed by atoms with Crippen LogP contribution in [0.2, 0.25) is 0 Å².